The molecule has 0 N–H and O–H groups in total. The van der Waals surface area contributed by atoms with Crippen LogP contribution in [0.15, 0.2) is 28.9 Å². The first-order valence-corrected chi connectivity index (χ1v) is 5.94. The van der Waals surface area contributed by atoms with Gasteiger partial charge in [-0.05, 0) is 28.1 Å². The van der Waals surface area contributed by atoms with Crippen LogP contribution in [0.3, 0.4) is 0 Å². The van der Waals surface area contributed by atoms with Gasteiger partial charge in [0.15, 0.2) is 0 Å². The molecule has 0 saturated carbocycles. The quantitative estimate of drug-likeness (QED) is 0.772. The van der Waals surface area contributed by atoms with Crippen LogP contribution >= 0.6 is 39.1 Å². The summed E-state index contributed by atoms with van der Waals surface area (Å²) in [6.45, 7) is 0. The standard InChI is InChI=1S/C10H7BrCl2N2O/c1-15-5-4-8(14-15)16-7-3-2-6(11)9(12)10(7)13/h2-5H,1H3. The Balaban J connectivity index is 2.32. The fourth-order valence-electron chi connectivity index (χ4n) is 1.15. The van der Waals surface area contributed by atoms with Crippen molar-refractivity contribution < 1.29 is 4.74 Å². The largest absolute Gasteiger partial charge is 0.436 e. The van der Waals surface area contributed by atoms with E-state index in [-0.39, 0.29) is 0 Å². The molecule has 84 valence electrons. The first kappa shape index (κ1) is 11.8. The minimum Gasteiger partial charge on any atom is -0.436 e. The number of benzene rings is 1. The van der Waals surface area contributed by atoms with Crippen LogP contribution in [0.25, 0.3) is 0 Å². The second-order valence-electron chi connectivity index (χ2n) is 3.10. The highest BCUT2D eigenvalue weighted by atomic mass is 79.9. The molecular formula is C10H7BrCl2N2O. The Bertz CT molecular complexity index is 528. The molecule has 0 radical (unpaired) electrons. The molecule has 2 rings (SSSR count). The maximum Gasteiger partial charge on any atom is 0.238 e. The smallest absolute Gasteiger partial charge is 0.238 e. The highest BCUT2D eigenvalue weighted by Crippen LogP contribution is 2.38. The molecule has 0 aliphatic carbocycles. The zero-order valence-electron chi connectivity index (χ0n) is 8.25. The number of ether oxygens (including phenoxy) is 1. The fourth-order valence-corrected chi connectivity index (χ4v) is 1.95. The molecule has 1 aromatic heterocycles. The van der Waals surface area contributed by atoms with Crippen LogP contribution in [0.2, 0.25) is 10.0 Å². The number of halogens is 3. The molecule has 0 spiro atoms. The first-order valence-electron chi connectivity index (χ1n) is 4.39. The average Bonchev–Trinajstić information content (AvgIpc) is 2.65. The third-order valence-electron chi connectivity index (χ3n) is 1.90. The number of hydrogen-bond donors (Lipinski definition) is 0. The molecule has 0 atom stereocenters. The van der Waals surface area contributed by atoms with Gasteiger partial charge in [-0.15, -0.1) is 5.10 Å². The molecule has 1 heterocycles. The summed E-state index contributed by atoms with van der Waals surface area (Å²) in [7, 11) is 1.81. The van der Waals surface area contributed by atoms with Crippen LogP contribution in [-0.2, 0) is 7.05 Å². The van der Waals surface area contributed by atoms with Crippen LogP contribution in [0, 0.1) is 0 Å². The summed E-state index contributed by atoms with van der Waals surface area (Å²) in [6, 6.07) is 5.24. The maximum atomic E-state index is 6.03. The SMILES string of the molecule is Cn1ccc(Oc2ccc(Br)c(Cl)c2Cl)n1. The van der Waals surface area contributed by atoms with Crippen LogP contribution in [-0.4, -0.2) is 9.78 Å². The van der Waals surface area contributed by atoms with E-state index in [1.807, 2.05) is 7.05 Å². The molecule has 0 saturated heterocycles. The summed E-state index contributed by atoms with van der Waals surface area (Å²) in [6.07, 6.45) is 1.78. The van der Waals surface area contributed by atoms with E-state index >= 15 is 0 Å². The lowest BCUT2D eigenvalue weighted by atomic mass is 10.3. The fraction of sp³-hybridized carbons (Fsp3) is 0.100. The second kappa shape index (κ2) is 4.65. The van der Waals surface area contributed by atoms with Gasteiger partial charge in [-0.2, -0.15) is 0 Å². The summed E-state index contributed by atoms with van der Waals surface area (Å²) in [5, 5.41) is 4.87. The lowest BCUT2D eigenvalue weighted by molar-refractivity contribution is 0.454. The van der Waals surface area contributed by atoms with Crippen molar-refractivity contribution in [3.8, 4) is 11.6 Å². The Morgan fingerprint density at radius 2 is 2.00 bits per heavy atom. The Kier molecular flexibility index (Phi) is 3.42. The summed E-state index contributed by atoms with van der Waals surface area (Å²) in [4.78, 5) is 0. The van der Waals surface area contributed by atoms with Crippen LogP contribution in [0.5, 0.6) is 11.6 Å². The molecule has 6 heteroatoms. The molecule has 0 aliphatic rings. The first-order chi connectivity index (χ1) is 7.58. The van der Waals surface area contributed by atoms with Crippen molar-refractivity contribution in [3.05, 3.63) is 38.9 Å². The third kappa shape index (κ3) is 2.34. The van der Waals surface area contributed by atoms with Crippen LogP contribution in [0.4, 0.5) is 0 Å². The minimum absolute atomic E-state index is 0.363. The Morgan fingerprint density at radius 1 is 1.25 bits per heavy atom. The Morgan fingerprint density at radius 3 is 2.62 bits per heavy atom. The molecule has 0 fully saturated rings. The van der Waals surface area contributed by atoms with Gasteiger partial charge in [0, 0.05) is 23.8 Å². The molecule has 1 aromatic carbocycles. The highest BCUT2D eigenvalue weighted by Gasteiger charge is 2.11. The Labute approximate surface area is 111 Å². The monoisotopic (exact) mass is 320 g/mol. The van der Waals surface area contributed by atoms with Gasteiger partial charge in [0.25, 0.3) is 0 Å². The summed E-state index contributed by atoms with van der Waals surface area (Å²) in [5.74, 6) is 0.955. The normalized spacial score (nSPS) is 10.5. The third-order valence-corrected chi connectivity index (χ3v) is 3.66. The van der Waals surface area contributed by atoms with Crippen molar-refractivity contribution in [3.63, 3.8) is 0 Å². The predicted octanol–water partition coefficient (Wildman–Crippen LogP) is 4.28. The van der Waals surface area contributed by atoms with E-state index in [9.17, 15) is 0 Å². The molecule has 0 amide bonds. The van der Waals surface area contributed by atoms with Crippen LogP contribution < -0.4 is 4.74 Å². The second-order valence-corrected chi connectivity index (χ2v) is 4.71. The molecule has 2 aromatic rings. The van der Waals surface area contributed by atoms with E-state index in [1.165, 1.54) is 0 Å². The summed E-state index contributed by atoms with van der Waals surface area (Å²) >= 11 is 15.3. The average molecular weight is 322 g/mol. The lowest BCUT2D eigenvalue weighted by Crippen LogP contribution is -1.90. The van der Waals surface area contributed by atoms with Crippen molar-refractivity contribution in [2.45, 2.75) is 0 Å². The molecular weight excluding hydrogens is 315 g/mol. The van der Waals surface area contributed by atoms with Crippen molar-refractivity contribution >= 4 is 39.1 Å². The van der Waals surface area contributed by atoms with E-state index in [4.69, 9.17) is 27.9 Å². The molecule has 3 nitrogen and oxygen atoms in total. The number of aryl methyl sites for hydroxylation is 1. The van der Waals surface area contributed by atoms with Crippen molar-refractivity contribution in [2.24, 2.45) is 7.05 Å². The van der Waals surface area contributed by atoms with Crippen molar-refractivity contribution in [1.29, 1.82) is 0 Å². The van der Waals surface area contributed by atoms with E-state index in [1.54, 1.807) is 29.1 Å². The predicted molar refractivity (Wildman–Crippen MR) is 67.4 cm³/mol. The maximum absolute atomic E-state index is 6.03. The van der Waals surface area contributed by atoms with Gasteiger partial charge in [-0.25, -0.2) is 0 Å². The van der Waals surface area contributed by atoms with Gasteiger partial charge in [0.2, 0.25) is 5.88 Å². The summed E-state index contributed by atoms with van der Waals surface area (Å²) < 4.78 is 7.87. The van der Waals surface area contributed by atoms with Gasteiger partial charge in [0.05, 0.1) is 5.02 Å². The van der Waals surface area contributed by atoms with E-state index in [0.29, 0.717) is 21.7 Å². The van der Waals surface area contributed by atoms with Gasteiger partial charge in [-0.3, -0.25) is 4.68 Å². The highest BCUT2D eigenvalue weighted by molar-refractivity contribution is 9.10. The lowest BCUT2D eigenvalue weighted by Gasteiger charge is -2.06. The van der Waals surface area contributed by atoms with E-state index < -0.39 is 0 Å². The van der Waals surface area contributed by atoms with Crippen molar-refractivity contribution in [2.75, 3.05) is 0 Å². The van der Waals surface area contributed by atoms with E-state index in [0.717, 1.165) is 4.47 Å². The molecule has 0 unspecified atom stereocenters. The van der Waals surface area contributed by atoms with E-state index in [2.05, 4.69) is 21.0 Å². The Hall–Kier alpha value is -0.710. The molecule has 0 bridgehead atoms. The van der Waals surface area contributed by atoms with Gasteiger partial charge >= 0.3 is 0 Å². The number of rotatable bonds is 2. The number of aromatic nitrogens is 2. The molecule has 0 aliphatic heterocycles. The zero-order valence-corrected chi connectivity index (χ0v) is 11.3. The van der Waals surface area contributed by atoms with Crippen molar-refractivity contribution in [1.82, 2.24) is 9.78 Å². The number of nitrogens with zero attached hydrogens (tertiary/aromatic N) is 2. The summed E-state index contributed by atoms with van der Waals surface area (Å²) in [5.41, 5.74) is 0. The number of hydrogen-bond acceptors (Lipinski definition) is 2. The molecule has 16 heavy (non-hydrogen) atoms. The van der Waals surface area contributed by atoms with Crippen LogP contribution in [0.1, 0.15) is 0 Å². The van der Waals surface area contributed by atoms with Gasteiger partial charge in [-0.1, -0.05) is 23.2 Å². The topological polar surface area (TPSA) is 27.1 Å². The van der Waals surface area contributed by atoms with Gasteiger partial charge in [0.1, 0.15) is 10.8 Å². The zero-order chi connectivity index (χ0) is 11.7. The van der Waals surface area contributed by atoms with Gasteiger partial charge < -0.3 is 4.74 Å². The minimum atomic E-state index is 0.363.